The molecule has 0 aromatic rings. The van der Waals surface area contributed by atoms with Crippen molar-refractivity contribution in [2.75, 3.05) is 13.2 Å². The van der Waals surface area contributed by atoms with Crippen molar-refractivity contribution in [1.29, 1.82) is 0 Å². The fraction of sp³-hybridized carbons (Fsp3) is 0.733. The lowest BCUT2D eigenvalue weighted by Crippen LogP contribution is -2.47. The fourth-order valence-corrected chi connectivity index (χ4v) is 3.29. The summed E-state index contributed by atoms with van der Waals surface area (Å²) in [4.78, 5) is 23.4. The molecule has 3 unspecified atom stereocenters. The van der Waals surface area contributed by atoms with Gasteiger partial charge in [0.15, 0.2) is 10.1 Å². The second-order valence-corrected chi connectivity index (χ2v) is 7.93. The molecule has 1 saturated carbocycles. The minimum Gasteiger partial charge on any atom is -0.743 e. The first-order chi connectivity index (χ1) is 12.8. The third-order valence-corrected chi connectivity index (χ3v) is 5.38. The molecule has 1 heterocycles. The van der Waals surface area contributed by atoms with Crippen LogP contribution >= 0.6 is 0 Å². The number of hydrogen-bond acceptors (Lipinski definition) is 8. The maximum absolute atomic E-state index is 13.2. The Hall–Kier alpha value is -1.73. The molecule has 2 fully saturated rings. The van der Waals surface area contributed by atoms with Crippen molar-refractivity contribution in [1.82, 2.24) is 0 Å². The van der Waals surface area contributed by atoms with Gasteiger partial charge in [-0.05, 0) is 12.8 Å². The van der Waals surface area contributed by atoms with Crippen molar-refractivity contribution in [2.45, 2.75) is 49.1 Å². The van der Waals surface area contributed by atoms with Gasteiger partial charge in [-0.2, -0.15) is 17.6 Å². The lowest BCUT2D eigenvalue weighted by molar-refractivity contribution is -0.171. The zero-order valence-corrected chi connectivity index (χ0v) is 15.2. The van der Waals surface area contributed by atoms with E-state index in [-0.39, 0.29) is 17.5 Å². The van der Waals surface area contributed by atoms with Crippen LogP contribution in [0.5, 0.6) is 0 Å². The second-order valence-electron chi connectivity index (χ2n) is 6.51. The summed E-state index contributed by atoms with van der Waals surface area (Å²) in [6, 6.07) is 0. The highest BCUT2D eigenvalue weighted by Crippen LogP contribution is 2.40. The number of carbonyl (C=O) groups excluding carboxylic acids is 2. The Morgan fingerprint density at radius 2 is 1.93 bits per heavy atom. The SMILES string of the molecule is C=C(COCCC(F)(F)C(F)(F)S(=O)(=O)[O-])C(=O)OC1CCC2CC1OC2=O. The molecule has 28 heavy (non-hydrogen) atoms. The lowest BCUT2D eigenvalue weighted by Gasteiger charge is -2.28. The molecule has 160 valence electrons. The molecular formula is C15H17F4O8S-. The van der Waals surface area contributed by atoms with Gasteiger partial charge in [-0.1, -0.05) is 6.58 Å². The van der Waals surface area contributed by atoms with Crippen LogP contribution in [0.1, 0.15) is 25.7 Å². The van der Waals surface area contributed by atoms with Gasteiger partial charge >= 0.3 is 23.1 Å². The van der Waals surface area contributed by atoms with Crippen LogP contribution in [-0.2, 0) is 33.9 Å². The average Bonchev–Trinajstić information content (AvgIpc) is 2.88. The van der Waals surface area contributed by atoms with Crippen LogP contribution in [-0.4, -0.2) is 61.5 Å². The molecule has 0 amide bonds. The number of ether oxygens (including phenoxy) is 3. The molecule has 1 aliphatic heterocycles. The smallest absolute Gasteiger partial charge is 0.396 e. The third kappa shape index (κ3) is 4.63. The Morgan fingerprint density at radius 1 is 1.29 bits per heavy atom. The molecule has 13 heteroatoms. The minimum absolute atomic E-state index is 0.218. The molecule has 8 nitrogen and oxygen atoms in total. The molecule has 0 N–H and O–H groups in total. The van der Waals surface area contributed by atoms with Crippen LogP contribution < -0.4 is 0 Å². The molecule has 2 aliphatic rings. The first-order valence-electron chi connectivity index (χ1n) is 8.14. The van der Waals surface area contributed by atoms with Crippen LogP contribution in [0.2, 0.25) is 0 Å². The van der Waals surface area contributed by atoms with Crippen molar-refractivity contribution in [2.24, 2.45) is 5.92 Å². The van der Waals surface area contributed by atoms with Gasteiger partial charge in [0, 0.05) is 12.8 Å². The summed E-state index contributed by atoms with van der Waals surface area (Å²) in [7, 11) is -6.57. The van der Waals surface area contributed by atoms with Crippen molar-refractivity contribution in [3.63, 3.8) is 0 Å². The highest BCUT2D eigenvalue weighted by atomic mass is 32.2. The summed E-state index contributed by atoms with van der Waals surface area (Å²) in [5.41, 5.74) is -0.307. The fourth-order valence-electron chi connectivity index (χ4n) is 2.82. The largest absolute Gasteiger partial charge is 0.743 e. The maximum atomic E-state index is 13.2. The van der Waals surface area contributed by atoms with Crippen LogP contribution in [0.15, 0.2) is 12.2 Å². The van der Waals surface area contributed by atoms with Crippen LogP contribution in [0.25, 0.3) is 0 Å². The van der Waals surface area contributed by atoms with E-state index in [2.05, 4.69) is 11.3 Å². The minimum atomic E-state index is -6.57. The monoisotopic (exact) mass is 433 g/mol. The lowest BCUT2D eigenvalue weighted by atomic mass is 9.88. The van der Waals surface area contributed by atoms with E-state index in [1.807, 2.05) is 0 Å². The van der Waals surface area contributed by atoms with E-state index < -0.39 is 59.1 Å². The van der Waals surface area contributed by atoms with Gasteiger partial charge in [0.05, 0.1) is 24.7 Å². The highest BCUT2D eigenvalue weighted by molar-refractivity contribution is 7.86. The van der Waals surface area contributed by atoms with Crippen LogP contribution in [0.4, 0.5) is 17.6 Å². The first kappa shape index (κ1) is 22.6. The van der Waals surface area contributed by atoms with Crippen molar-refractivity contribution in [3.05, 3.63) is 12.2 Å². The van der Waals surface area contributed by atoms with E-state index in [0.717, 1.165) is 0 Å². The Bertz CT molecular complexity index is 751. The van der Waals surface area contributed by atoms with E-state index in [1.54, 1.807) is 0 Å². The maximum Gasteiger partial charge on any atom is 0.396 e. The zero-order chi connectivity index (χ0) is 21.3. The number of esters is 2. The van der Waals surface area contributed by atoms with Gasteiger partial charge in [-0.15, -0.1) is 0 Å². The van der Waals surface area contributed by atoms with E-state index in [4.69, 9.17) is 9.47 Å². The summed E-state index contributed by atoms with van der Waals surface area (Å²) in [6.07, 6.45) is -1.72. The number of fused-ring (bicyclic) bond motifs is 2. The Kier molecular flexibility index (Phi) is 6.40. The normalized spacial score (nSPS) is 25.3. The Labute approximate surface area is 157 Å². The molecular weight excluding hydrogens is 416 g/mol. The molecule has 0 aromatic carbocycles. The van der Waals surface area contributed by atoms with Crippen molar-refractivity contribution < 1.29 is 54.3 Å². The van der Waals surface area contributed by atoms with Crippen molar-refractivity contribution in [3.8, 4) is 0 Å². The number of alkyl halides is 4. The molecule has 2 bridgehead atoms. The number of carbonyl (C=O) groups is 2. The summed E-state index contributed by atoms with van der Waals surface area (Å²) in [5.74, 6) is -6.67. The number of hydrogen-bond donors (Lipinski definition) is 0. The van der Waals surface area contributed by atoms with Gasteiger partial charge in [0.25, 0.3) is 0 Å². The highest BCUT2D eigenvalue weighted by Gasteiger charge is 2.61. The summed E-state index contributed by atoms with van der Waals surface area (Å²) in [6.45, 7) is 1.61. The van der Waals surface area contributed by atoms with E-state index in [0.29, 0.717) is 19.3 Å². The van der Waals surface area contributed by atoms with Gasteiger partial charge < -0.3 is 18.8 Å². The summed E-state index contributed by atoms with van der Waals surface area (Å²) >= 11 is 0. The predicted octanol–water partition coefficient (Wildman–Crippen LogP) is 1.36. The van der Waals surface area contributed by atoms with Crippen LogP contribution in [0, 0.1) is 5.92 Å². The second kappa shape index (κ2) is 7.95. The molecule has 1 saturated heterocycles. The molecule has 1 aliphatic carbocycles. The molecule has 0 aromatic heterocycles. The van der Waals surface area contributed by atoms with Crippen LogP contribution in [0.3, 0.4) is 0 Å². The van der Waals surface area contributed by atoms with Gasteiger partial charge in [-0.3, -0.25) is 4.79 Å². The quantitative estimate of drug-likeness (QED) is 0.176. The van der Waals surface area contributed by atoms with E-state index in [9.17, 15) is 40.1 Å². The third-order valence-electron chi connectivity index (χ3n) is 4.46. The summed E-state index contributed by atoms with van der Waals surface area (Å²) < 4.78 is 98.0. The van der Waals surface area contributed by atoms with Gasteiger partial charge in [-0.25, -0.2) is 13.2 Å². The molecule has 2 rings (SSSR count). The molecule has 0 radical (unpaired) electrons. The van der Waals surface area contributed by atoms with E-state index in [1.165, 1.54) is 0 Å². The predicted molar refractivity (Wildman–Crippen MR) is 81.3 cm³/mol. The van der Waals surface area contributed by atoms with Crippen molar-refractivity contribution >= 4 is 22.1 Å². The average molecular weight is 433 g/mol. The number of halogens is 4. The zero-order valence-electron chi connectivity index (χ0n) is 14.4. The Morgan fingerprint density at radius 3 is 2.54 bits per heavy atom. The molecule has 0 spiro atoms. The Balaban J connectivity index is 1.76. The van der Waals surface area contributed by atoms with Gasteiger partial charge in [0.2, 0.25) is 0 Å². The van der Waals surface area contributed by atoms with E-state index >= 15 is 0 Å². The standard InChI is InChI=1S/C15H18F4O8S/c1-8(7-25-5-4-14(16,17)15(18,19)28(22,23)24)12(20)26-10-3-2-9-6-11(10)27-13(9)21/h9-11H,1-7H2,(H,22,23,24)/p-1. The number of rotatable bonds is 9. The molecule has 3 atom stereocenters. The van der Waals surface area contributed by atoms with Gasteiger partial charge in [0.1, 0.15) is 12.2 Å². The first-order valence-corrected chi connectivity index (χ1v) is 9.55. The topological polar surface area (TPSA) is 119 Å². The summed E-state index contributed by atoms with van der Waals surface area (Å²) in [5, 5.41) is -5.79.